The van der Waals surface area contributed by atoms with E-state index in [4.69, 9.17) is 9.47 Å². The minimum Gasteiger partial charge on any atom is -0.490 e. The summed E-state index contributed by atoms with van der Waals surface area (Å²) in [6.45, 7) is 1.76. The number of carbonyl (C=O) groups excluding carboxylic acids is 2. The minimum absolute atomic E-state index is 0.0100. The van der Waals surface area contributed by atoms with Crippen molar-refractivity contribution < 1.29 is 41.0 Å². The van der Waals surface area contributed by atoms with E-state index in [2.05, 4.69) is 15.2 Å². The Kier molecular flexibility index (Phi) is 8.18. The van der Waals surface area contributed by atoms with Crippen LogP contribution in [-0.2, 0) is 29.2 Å². The first-order valence-electron chi connectivity index (χ1n) is 16.7. The fraction of sp³-hybridized carbons (Fsp3) is 0.324. The van der Waals surface area contributed by atoms with Crippen molar-refractivity contribution in [1.29, 1.82) is 0 Å². The van der Waals surface area contributed by atoms with Gasteiger partial charge in [-0.2, -0.15) is 13.2 Å². The van der Waals surface area contributed by atoms with Crippen molar-refractivity contribution in [3.63, 3.8) is 0 Å². The van der Waals surface area contributed by atoms with Crippen LogP contribution in [0.2, 0.25) is 0 Å². The lowest BCUT2D eigenvalue weighted by Gasteiger charge is -2.45. The molecule has 0 aliphatic carbocycles. The number of amides is 1. The zero-order valence-corrected chi connectivity index (χ0v) is 27.4. The van der Waals surface area contributed by atoms with Crippen LogP contribution in [0.1, 0.15) is 46.4 Å². The third-order valence-electron chi connectivity index (χ3n) is 10.0. The van der Waals surface area contributed by atoms with Gasteiger partial charge in [0.1, 0.15) is 22.8 Å². The van der Waals surface area contributed by atoms with Crippen LogP contribution in [0.4, 0.5) is 27.6 Å². The average Bonchev–Trinajstić information content (AvgIpc) is 3.64. The fourth-order valence-corrected chi connectivity index (χ4v) is 7.67. The number of fused-ring (bicyclic) bond motifs is 6. The fourth-order valence-electron chi connectivity index (χ4n) is 7.67. The van der Waals surface area contributed by atoms with E-state index in [1.807, 2.05) is 0 Å². The Balaban J connectivity index is 1.10. The Hall–Kier alpha value is -5.08. The van der Waals surface area contributed by atoms with Crippen molar-refractivity contribution in [1.82, 2.24) is 18.9 Å². The first-order valence-corrected chi connectivity index (χ1v) is 16.7. The van der Waals surface area contributed by atoms with Crippen LogP contribution in [-0.4, -0.2) is 69.0 Å². The molecule has 3 aromatic heterocycles. The van der Waals surface area contributed by atoms with E-state index in [9.17, 15) is 22.8 Å². The molecule has 264 valence electrons. The number of hydrogen-bond donors (Lipinski definition) is 1. The van der Waals surface area contributed by atoms with E-state index in [1.54, 1.807) is 13.1 Å². The van der Waals surface area contributed by atoms with Crippen molar-refractivity contribution in [3.8, 4) is 16.9 Å². The van der Waals surface area contributed by atoms with E-state index in [0.29, 0.717) is 30.8 Å². The van der Waals surface area contributed by atoms with Gasteiger partial charge in [0.2, 0.25) is 11.7 Å². The molecule has 5 aromatic rings. The van der Waals surface area contributed by atoms with Crippen molar-refractivity contribution >= 4 is 33.9 Å². The molecule has 0 spiro atoms. The molecule has 3 aliphatic rings. The van der Waals surface area contributed by atoms with Crippen LogP contribution in [0.15, 0.2) is 61.1 Å². The van der Waals surface area contributed by atoms with Gasteiger partial charge in [-0.1, -0.05) is 18.6 Å². The molecule has 2 unspecified atom stereocenters. The Bertz CT molecular complexity index is 2210. The molecule has 51 heavy (non-hydrogen) atoms. The van der Waals surface area contributed by atoms with E-state index in [0.717, 1.165) is 37.5 Å². The predicted octanol–water partition coefficient (Wildman–Crippen LogP) is 6.70. The zero-order chi connectivity index (χ0) is 35.6. The molecule has 3 aliphatic heterocycles. The Labute approximate surface area is 288 Å². The molecule has 1 N–H and O–H groups in total. The number of ketones is 1. The summed E-state index contributed by atoms with van der Waals surface area (Å²) in [5.41, 5.74) is -0.656. The van der Waals surface area contributed by atoms with Gasteiger partial charge in [-0.05, 0) is 48.7 Å². The smallest absolute Gasteiger partial charge is 0.417 e. The number of nitrogens with one attached hydrogen (secondary N) is 1. The van der Waals surface area contributed by atoms with Gasteiger partial charge in [0.05, 0.1) is 48.4 Å². The summed E-state index contributed by atoms with van der Waals surface area (Å²) in [7, 11) is 1.59. The topological polar surface area (TPSA) is 90.1 Å². The van der Waals surface area contributed by atoms with Crippen LogP contribution in [0.3, 0.4) is 0 Å². The predicted molar refractivity (Wildman–Crippen MR) is 178 cm³/mol. The number of hydrogen-bond acceptors (Lipinski definition) is 6. The number of piperidine rings is 1. The summed E-state index contributed by atoms with van der Waals surface area (Å²) in [5, 5.41) is 2.24. The van der Waals surface area contributed by atoms with E-state index in [1.165, 1.54) is 45.8 Å². The van der Waals surface area contributed by atoms with Crippen molar-refractivity contribution in [2.45, 2.75) is 43.9 Å². The maximum absolute atomic E-state index is 15.3. The second-order valence-electron chi connectivity index (χ2n) is 13.2. The monoisotopic (exact) mass is 705 g/mol. The number of aromatic nitrogens is 3. The quantitative estimate of drug-likeness (QED) is 0.120. The van der Waals surface area contributed by atoms with Crippen LogP contribution in [0.5, 0.6) is 5.75 Å². The molecule has 9 nitrogen and oxygen atoms in total. The summed E-state index contributed by atoms with van der Waals surface area (Å²) in [4.78, 5) is 33.1. The van der Waals surface area contributed by atoms with Crippen molar-refractivity contribution in [2.75, 3.05) is 31.7 Å². The molecule has 2 saturated heterocycles. The van der Waals surface area contributed by atoms with Crippen LogP contribution >= 0.6 is 0 Å². The molecule has 8 rings (SSSR count). The van der Waals surface area contributed by atoms with Gasteiger partial charge in [-0.15, -0.1) is 0 Å². The van der Waals surface area contributed by atoms with Gasteiger partial charge < -0.3 is 23.8 Å². The van der Waals surface area contributed by atoms with Gasteiger partial charge in [0, 0.05) is 61.1 Å². The van der Waals surface area contributed by atoms with Crippen LogP contribution in [0.25, 0.3) is 27.7 Å². The number of anilines is 1. The lowest BCUT2D eigenvalue weighted by atomic mass is 9.94. The molecule has 6 heterocycles. The van der Waals surface area contributed by atoms with E-state index >= 15 is 8.78 Å². The Morgan fingerprint density at radius 2 is 1.82 bits per heavy atom. The van der Waals surface area contributed by atoms with Crippen LogP contribution < -0.4 is 10.1 Å². The number of imidazole rings is 1. The number of halogens is 5. The molecule has 2 fully saturated rings. The normalized spacial score (nSPS) is 19.2. The molecule has 0 radical (unpaired) electrons. The van der Waals surface area contributed by atoms with Crippen molar-refractivity contribution in [2.24, 2.45) is 7.05 Å². The maximum atomic E-state index is 15.3. The first kappa shape index (κ1) is 33.1. The molecule has 1 amide bonds. The summed E-state index contributed by atoms with van der Waals surface area (Å²) >= 11 is 0. The van der Waals surface area contributed by atoms with Gasteiger partial charge in [0.25, 0.3) is 0 Å². The highest BCUT2D eigenvalue weighted by Crippen LogP contribution is 2.48. The minimum atomic E-state index is -4.76. The maximum Gasteiger partial charge on any atom is 0.417 e. The highest BCUT2D eigenvalue weighted by atomic mass is 19.4. The average molecular weight is 706 g/mol. The Morgan fingerprint density at radius 1 is 1.08 bits per heavy atom. The molecule has 2 atom stereocenters. The second-order valence-corrected chi connectivity index (χ2v) is 13.2. The molecule has 0 saturated carbocycles. The third-order valence-corrected chi connectivity index (χ3v) is 10.0. The molecule has 2 bridgehead atoms. The van der Waals surface area contributed by atoms with Gasteiger partial charge in [-0.3, -0.25) is 14.5 Å². The SMILES string of the molecule is Cn1cnc2c3c(c(C(F)(F)F)cc21)-c1cccn2c(C(=O)c4cc(F)c(NC(=O)/C=C/CN5C6CCCC5COC6)c(F)c4)cc(c12)CCO3. The van der Waals surface area contributed by atoms with Gasteiger partial charge >= 0.3 is 6.18 Å². The van der Waals surface area contributed by atoms with E-state index in [-0.39, 0.29) is 64.3 Å². The summed E-state index contributed by atoms with van der Waals surface area (Å²) in [5.74, 6) is -3.82. The number of rotatable bonds is 6. The number of pyridine rings is 1. The number of morpholine rings is 1. The number of nitrogens with zero attached hydrogens (tertiary/aromatic N) is 4. The zero-order valence-electron chi connectivity index (χ0n) is 27.4. The van der Waals surface area contributed by atoms with Gasteiger partial charge in [-0.25, -0.2) is 13.8 Å². The van der Waals surface area contributed by atoms with E-state index < -0.39 is 40.8 Å². The first-order chi connectivity index (χ1) is 24.5. The number of ether oxygens (including phenoxy) is 2. The number of benzene rings is 2. The van der Waals surface area contributed by atoms with Crippen LogP contribution in [0, 0.1) is 11.6 Å². The lowest BCUT2D eigenvalue weighted by molar-refractivity contribution is -0.137. The summed E-state index contributed by atoms with van der Waals surface area (Å²) in [6, 6.07) is 7.76. The second kappa shape index (κ2) is 12.6. The highest BCUT2D eigenvalue weighted by Gasteiger charge is 2.39. The largest absolute Gasteiger partial charge is 0.490 e. The number of carbonyl (C=O) groups is 2. The summed E-state index contributed by atoms with van der Waals surface area (Å²) < 4.78 is 89.0. The standard InChI is InChI=1S/C37H32F5N5O4/c1-45-19-43-33-28(45)16-25(37(40,41)42)31-24-7-3-11-47-29(15-20(34(24)47)9-12-51-36(31)33)35(49)21-13-26(38)32(27(39)14-21)44-30(48)8-4-10-46-22-5-2-6-23(46)18-50-17-22/h3-4,7-8,11,13-16,19,22-23H,2,5-6,9-10,12,17-18H2,1H3,(H,44,48)/b8-4+. The third kappa shape index (κ3) is 5.75. The molecule has 2 aromatic carbocycles. The summed E-state index contributed by atoms with van der Waals surface area (Å²) in [6.07, 6.45) is 4.43. The Morgan fingerprint density at radius 3 is 2.55 bits per heavy atom. The lowest BCUT2D eigenvalue weighted by Crippen LogP contribution is -2.54. The highest BCUT2D eigenvalue weighted by molar-refractivity contribution is 6.10. The van der Waals surface area contributed by atoms with Crippen molar-refractivity contribution in [3.05, 3.63) is 95.1 Å². The number of aryl methyl sites for hydroxylation is 1. The molecular weight excluding hydrogens is 673 g/mol. The molecule has 14 heteroatoms. The molecular formula is C37H32F5N5O4. The number of alkyl halides is 3. The van der Waals surface area contributed by atoms with Gasteiger partial charge in [0.15, 0.2) is 5.75 Å².